The molecular weight excluding hydrogens is 240 g/mol. The van der Waals surface area contributed by atoms with Crippen LogP contribution < -0.4 is 5.32 Å². The lowest BCUT2D eigenvalue weighted by Gasteiger charge is -2.33. The average Bonchev–Trinajstić information content (AvgIpc) is 2.64. The van der Waals surface area contributed by atoms with Gasteiger partial charge in [-0.2, -0.15) is 0 Å². The summed E-state index contributed by atoms with van der Waals surface area (Å²) in [4.78, 5) is 14.5. The summed E-state index contributed by atoms with van der Waals surface area (Å²) >= 11 is 0. The molecule has 2 saturated heterocycles. The molecule has 1 unspecified atom stereocenters. The van der Waals surface area contributed by atoms with Gasteiger partial charge in [-0.25, -0.2) is 0 Å². The van der Waals surface area contributed by atoms with Crippen molar-refractivity contribution in [1.29, 1.82) is 0 Å². The van der Waals surface area contributed by atoms with Crippen LogP contribution >= 0.6 is 12.4 Å². The number of halogens is 1. The highest BCUT2D eigenvalue weighted by atomic mass is 35.5. The molecule has 0 radical (unpaired) electrons. The van der Waals surface area contributed by atoms with Crippen LogP contribution in [0.3, 0.4) is 0 Å². The molecule has 2 heterocycles. The lowest BCUT2D eigenvalue weighted by Crippen LogP contribution is -2.55. The van der Waals surface area contributed by atoms with Gasteiger partial charge in [0, 0.05) is 19.7 Å². The Balaban J connectivity index is 0.00000144. The summed E-state index contributed by atoms with van der Waals surface area (Å²) in [7, 11) is 0. The Morgan fingerprint density at radius 3 is 2.82 bits per heavy atom. The van der Waals surface area contributed by atoms with Crippen molar-refractivity contribution in [3.05, 3.63) is 0 Å². The van der Waals surface area contributed by atoms with Crippen molar-refractivity contribution in [2.75, 3.05) is 32.8 Å². The molecule has 0 aromatic rings. The summed E-state index contributed by atoms with van der Waals surface area (Å²) in [6, 6.07) is 0. The summed E-state index contributed by atoms with van der Waals surface area (Å²) in [5.41, 5.74) is -0.273. The van der Waals surface area contributed by atoms with Crippen LogP contribution in [0.1, 0.15) is 32.6 Å². The third kappa shape index (κ3) is 3.12. The Bertz CT molecular complexity index is 247. The predicted octanol–water partition coefficient (Wildman–Crippen LogP) is 1.19. The first-order chi connectivity index (χ1) is 7.78. The quantitative estimate of drug-likeness (QED) is 0.813. The molecule has 5 heteroatoms. The topological polar surface area (TPSA) is 41.6 Å². The Hall–Kier alpha value is -0.320. The minimum absolute atomic E-state index is 0. The fraction of sp³-hybridized carbons (Fsp3) is 0.917. The Kier molecular flexibility index (Phi) is 5.70. The molecule has 2 fully saturated rings. The van der Waals surface area contributed by atoms with Crippen LogP contribution in [0.2, 0.25) is 0 Å². The van der Waals surface area contributed by atoms with E-state index in [-0.39, 0.29) is 23.9 Å². The van der Waals surface area contributed by atoms with Crippen LogP contribution in [0.25, 0.3) is 0 Å². The van der Waals surface area contributed by atoms with Crippen LogP contribution in [0.4, 0.5) is 0 Å². The van der Waals surface area contributed by atoms with Gasteiger partial charge in [-0.3, -0.25) is 4.79 Å². The standard InChI is InChI=1S/C12H22N2O2.ClH/c1-2-12(5-3-6-13-12)11(15)14-7-4-9-16-10-8-14;/h13H,2-10H2,1H3;1H. The molecule has 2 aliphatic heterocycles. The van der Waals surface area contributed by atoms with Gasteiger partial charge in [0.1, 0.15) is 0 Å². The highest BCUT2D eigenvalue weighted by molar-refractivity contribution is 5.86. The third-order valence-electron chi connectivity index (χ3n) is 3.77. The molecule has 0 saturated carbocycles. The van der Waals surface area contributed by atoms with Crippen LogP contribution in [0, 0.1) is 0 Å². The molecule has 1 amide bonds. The summed E-state index contributed by atoms with van der Waals surface area (Å²) in [6.45, 7) is 6.15. The van der Waals surface area contributed by atoms with Crippen molar-refractivity contribution in [3.63, 3.8) is 0 Å². The average molecular weight is 263 g/mol. The predicted molar refractivity (Wildman–Crippen MR) is 69.5 cm³/mol. The maximum absolute atomic E-state index is 12.5. The molecule has 0 aliphatic carbocycles. The van der Waals surface area contributed by atoms with Gasteiger partial charge >= 0.3 is 0 Å². The SMILES string of the molecule is CCC1(C(=O)N2CCCOCC2)CCCN1.Cl. The van der Waals surface area contributed by atoms with Gasteiger partial charge in [-0.1, -0.05) is 6.92 Å². The van der Waals surface area contributed by atoms with Crippen molar-refractivity contribution < 1.29 is 9.53 Å². The van der Waals surface area contributed by atoms with Gasteiger partial charge in [0.15, 0.2) is 0 Å². The molecule has 17 heavy (non-hydrogen) atoms. The molecule has 0 aromatic heterocycles. The Morgan fingerprint density at radius 2 is 2.18 bits per heavy atom. The maximum Gasteiger partial charge on any atom is 0.242 e. The van der Waals surface area contributed by atoms with Crippen molar-refractivity contribution in [2.45, 2.75) is 38.1 Å². The number of ether oxygens (including phenoxy) is 1. The number of nitrogens with one attached hydrogen (secondary N) is 1. The van der Waals surface area contributed by atoms with E-state index in [1.807, 2.05) is 4.90 Å². The van der Waals surface area contributed by atoms with Gasteiger partial charge < -0.3 is 15.0 Å². The molecule has 100 valence electrons. The van der Waals surface area contributed by atoms with Crippen molar-refractivity contribution in [2.24, 2.45) is 0 Å². The van der Waals surface area contributed by atoms with Gasteiger partial charge in [0.05, 0.1) is 12.1 Å². The van der Waals surface area contributed by atoms with Crippen molar-refractivity contribution >= 4 is 18.3 Å². The molecule has 2 rings (SSSR count). The van der Waals surface area contributed by atoms with Crippen molar-refractivity contribution in [1.82, 2.24) is 10.2 Å². The molecule has 4 nitrogen and oxygen atoms in total. The van der Waals surface area contributed by atoms with E-state index >= 15 is 0 Å². The van der Waals surface area contributed by atoms with E-state index in [0.717, 1.165) is 51.9 Å². The number of rotatable bonds is 2. The normalized spacial score (nSPS) is 29.6. The minimum Gasteiger partial charge on any atom is -0.380 e. The van der Waals surface area contributed by atoms with Crippen LogP contribution in [0.15, 0.2) is 0 Å². The molecule has 0 aromatic carbocycles. The number of carbonyl (C=O) groups excluding carboxylic acids is 1. The van der Waals surface area contributed by atoms with E-state index in [2.05, 4.69) is 12.2 Å². The van der Waals surface area contributed by atoms with E-state index < -0.39 is 0 Å². The van der Waals surface area contributed by atoms with E-state index in [4.69, 9.17) is 4.74 Å². The van der Waals surface area contributed by atoms with E-state index in [1.165, 1.54) is 0 Å². The first kappa shape index (κ1) is 14.7. The minimum atomic E-state index is -0.273. The van der Waals surface area contributed by atoms with Gasteiger partial charge in [0.2, 0.25) is 5.91 Å². The fourth-order valence-electron chi connectivity index (χ4n) is 2.69. The highest BCUT2D eigenvalue weighted by Gasteiger charge is 2.41. The Morgan fingerprint density at radius 1 is 1.35 bits per heavy atom. The number of hydrogen-bond acceptors (Lipinski definition) is 3. The molecule has 1 N–H and O–H groups in total. The maximum atomic E-state index is 12.5. The number of hydrogen-bond donors (Lipinski definition) is 1. The monoisotopic (exact) mass is 262 g/mol. The summed E-state index contributed by atoms with van der Waals surface area (Å²) in [5.74, 6) is 0.290. The highest BCUT2D eigenvalue weighted by Crippen LogP contribution is 2.25. The van der Waals surface area contributed by atoms with Crippen LogP contribution in [0.5, 0.6) is 0 Å². The molecule has 0 spiro atoms. The fourth-order valence-corrected chi connectivity index (χ4v) is 2.69. The van der Waals surface area contributed by atoms with E-state index in [1.54, 1.807) is 0 Å². The second kappa shape index (κ2) is 6.57. The third-order valence-corrected chi connectivity index (χ3v) is 3.77. The lowest BCUT2D eigenvalue weighted by molar-refractivity contribution is -0.138. The molecule has 1 atom stereocenters. The second-order valence-electron chi connectivity index (χ2n) is 4.72. The van der Waals surface area contributed by atoms with Crippen LogP contribution in [-0.4, -0.2) is 49.2 Å². The first-order valence-electron chi connectivity index (χ1n) is 6.41. The zero-order valence-corrected chi connectivity index (χ0v) is 11.4. The molecule has 2 aliphatic rings. The largest absolute Gasteiger partial charge is 0.380 e. The summed E-state index contributed by atoms with van der Waals surface area (Å²) in [6.07, 6.45) is 3.96. The second-order valence-corrected chi connectivity index (χ2v) is 4.72. The first-order valence-corrected chi connectivity index (χ1v) is 6.41. The molecule has 0 bridgehead atoms. The van der Waals surface area contributed by atoms with E-state index in [0.29, 0.717) is 6.61 Å². The smallest absolute Gasteiger partial charge is 0.242 e. The number of nitrogens with zero attached hydrogens (tertiary/aromatic N) is 1. The zero-order valence-electron chi connectivity index (χ0n) is 10.5. The lowest BCUT2D eigenvalue weighted by atomic mass is 9.92. The Labute approximate surface area is 109 Å². The number of amides is 1. The van der Waals surface area contributed by atoms with Crippen LogP contribution in [-0.2, 0) is 9.53 Å². The van der Waals surface area contributed by atoms with Gasteiger partial charge in [-0.05, 0) is 32.2 Å². The molecular formula is C12H23ClN2O2. The summed E-state index contributed by atoms with van der Waals surface area (Å²) < 4.78 is 5.39. The zero-order chi connectivity index (χ0) is 11.4. The van der Waals surface area contributed by atoms with E-state index in [9.17, 15) is 4.79 Å². The number of carbonyl (C=O) groups is 1. The summed E-state index contributed by atoms with van der Waals surface area (Å²) in [5, 5.41) is 3.41. The van der Waals surface area contributed by atoms with Crippen molar-refractivity contribution in [3.8, 4) is 0 Å². The van der Waals surface area contributed by atoms with Gasteiger partial charge in [0.25, 0.3) is 0 Å². The van der Waals surface area contributed by atoms with Gasteiger partial charge in [-0.15, -0.1) is 12.4 Å².